The molecule has 0 aromatic carbocycles. The van der Waals surface area contributed by atoms with Gasteiger partial charge in [-0.15, -0.1) is 0 Å². The fourth-order valence-electron chi connectivity index (χ4n) is 1.62. The Morgan fingerprint density at radius 3 is 2.61 bits per heavy atom. The molecule has 0 aliphatic carbocycles. The van der Waals surface area contributed by atoms with Gasteiger partial charge in [-0.1, -0.05) is 0 Å². The summed E-state index contributed by atoms with van der Waals surface area (Å²) < 4.78 is 0. The van der Waals surface area contributed by atoms with E-state index in [1.165, 1.54) is 0 Å². The van der Waals surface area contributed by atoms with Crippen molar-refractivity contribution in [1.29, 1.82) is 0 Å². The molecule has 0 saturated carbocycles. The molecule has 0 spiro atoms. The van der Waals surface area contributed by atoms with Gasteiger partial charge in [0.2, 0.25) is 0 Å². The van der Waals surface area contributed by atoms with Gasteiger partial charge in [0.1, 0.15) is 5.82 Å². The van der Waals surface area contributed by atoms with E-state index in [2.05, 4.69) is 4.98 Å². The SMILES string of the molecule is CCN(CCC(=O)O)c1nc(C)ccc1C(N)=O. The van der Waals surface area contributed by atoms with Crippen LogP contribution in [-0.4, -0.2) is 35.1 Å². The zero-order chi connectivity index (χ0) is 13.7. The third kappa shape index (κ3) is 3.44. The highest BCUT2D eigenvalue weighted by atomic mass is 16.4. The van der Waals surface area contributed by atoms with Gasteiger partial charge < -0.3 is 15.7 Å². The first-order valence-corrected chi connectivity index (χ1v) is 5.70. The Morgan fingerprint density at radius 1 is 1.44 bits per heavy atom. The van der Waals surface area contributed by atoms with E-state index in [4.69, 9.17) is 10.8 Å². The second-order valence-corrected chi connectivity index (χ2v) is 3.91. The molecule has 98 valence electrons. The summed E-state index contributed by atoms with van der Waals surface area (Å²) in [4.78, 5) is 27.9. The number of nitrogens with zero attached hydrogens (tertiary/aromatic N) is 2. The first kappa shape index (κ1) is 14.0. The lowest BCUT2D eigenvalue weighted by Crippen LogP contribution is -2.29. The molecule has 3 N–H and O–H groups in total. The van der Waals surface area contributed by atoms with Gasteiger partial charge >= 0.3 is 5.97 Å². The molecule has 18 heavy (non-hydrogen) atoms. The van der Waals surface area contributed by atoms with Crippen molar-refractivity contribution in [2.75, 3.05) is 18.0 Å². The Morgan fingerprint density at radius 2 is 2.11 bits per heavy atom. The molecule has 0 atom stereocenters. The maximum atomic E-state index is 11.3. The van der Waals surface area contributed by atoms with Gasteiger partial charge in [0.05, 0.1) is 12.0 Å². The lowest BCUT2D eigenvalue weighted by atomic mass is 10.2. The third-order valence-corrected chi connectivity index (χ3v) is 2.56. The topological polar surface area (TPSA) is 96.5 Å². The Hall–Kier alpha value is -2.11. The molecule has 0 aliphatic rings. The summed E-state index contributed by atoms with van der Waals surface area (Å²) >= 11 is 0. The van der Waals surface area contributed by atoms with Crippen LogP contribution in [0.15, 0.2) is 12.1 Å². The predicted molar refractivity (Wildman–Crippen MR) is 67.6 cm³/mol. The van der Waals surface area contributed by atoms with Crippen molar-refractivity contribution >= 4 is 17.7 Å². The van der Waals surface area contributed by atoms with Crippen LogP contribution in [-0.2, 0) is 4.79 Å². The van der Waals surface area contributed by atoms with E-state index in [9.17, 15) is 9.59 Å². The summed E-state index contributed by atoms with van der Waals surface area (Å²) in [7, 11) is 0. The highest BCUT2D eigenvalue weighted by Crippen LogP contribution is 2.18. The van der Waals surface area contributed by atoms with E-state index in [1.54, 1.807) is 24.0 Å². The number of aliphatic carboxylic acids is 1. The average Bonchev–Trinajstić information content (AvgIpc) is 2.29. The number of carboxylic acid groups (broad SMARTS) is 1. The smallest absolute Gasteiger partial charge is 0.305 e. The average molecular weight is 251 g/mol. The Bertz CT molecular complexity index is 460. The number of hydrogen-bond acceptors (Lipinski definition) is 4. The molecule has 0 bridgehead atoms. The quantitative estimate of drug-likeness (QED) is 0.779. The summed E-state index contributed by atoms with van der Waals surface area (Å²) in [6.07, 6.45) is -0.0122. The van der Waals surface area contributed by atoms with E-state index in [-0.39, 0.29) is 6.42 Å². The van der Waals surface area contributed by atoms with Crippen LogP contribution in [0, 0.1) is 6.92 Å². The van der Waals surface area contributed by atoms with Crippen molar-refractivity contribution < 1.29 is 14.7 Å². The summed E-state index contributed by atoms with van der Waals surface area (Å²) in [6.45, 7) is 4.53. The number of hydrogen-bond donors (Lipinski definition) is 2. The molecule has 6 nitrogen and oxygen atoms in total. The highest BCUT2D eigenvalue weighted by Gasteiger charge is 2.16. The molecule has 0 radical (unpaired) electrons. The van der Waals surface area contributed by atoms with Crippen molar-refractivity contribution in [3.8, 4) is 0 Å². The number of aryl methyl sites for hydroxylation is 1. The molecule has 1 heterocycles. The lowest BCUT2D eigenvalue weighted by molar-refractivity contribution is -0.136. The number of anilines is 1. The van der Waals surface area contributed by atoms with E-state index in [0.717, 1.165) is 5.69 Å². The summed E-state index contributed by atoms with van der Waals surface area (Å²) in [5, 5.41) is 8.70. The van der Waals surface area contributed by atoms with E-state index in [0.29, 0.717) is 24.5 Å². The van der Waals surface area contributed by atoms with Crippen molar-refractivity contribution in [1.82, 2.24) is 4.98 Å². The Labute approximate surface area is 105 Å². The highest BCUT2D eigenvalue weighted by molar-refractivity contribution is 5.97. The summed E-state index contributed by atoms with van der Waals surface area (Å²) in [6, 6.07) is 3.32. The van der Waals surface area contributed by atoms with Crippen LogP contribution in [0.3, 0.4) is 0 Å². The largest absolute Gasteiger partial charge is 0.481 e. The number of nitrogens with two attached hydrogens (primary N) is 1. The molecule has 6 heteroatoms. The Balaban J connectivity index is 3.06. The van der Waals surface area contributed by atoms with Crippen molar-refractivity contribution in [3.05, 3.63) is 23.4 Å². The number of carbonyl (C=O) groups excluding carboxylic acids is 1. The molecule has 0 unspecified atom stereocenters. The second-order valence-electron chi connectivity index (χ2n) is 3.91. The van der Waals surface area contributed by atoms with Crippen LogP contribution in [0.25, 0.3) is 0 Å². The van der Waals surface area contributed by atoms with Crippen LogP contribution < -0.4 is 10.6 Å². The lowest BCUT2D eigenvalue weighted by Gasteiger charge is -2.23. The van der Waals surface area contributed by atoms with Crippen molar-refractivity contribution in [2.45, 2.75) is 20.3 Å². The second kappa shape index (κ2) is 6.00. The van der Waals surface area contributed by atoms with Gasteiger partial charge in [-0.05, 0) is 26.0 Å². The summed E-state index contributed by atoms with van der Waals surface area (Å²) in [5.41, 5.74) is 6.36. The van der Waals surface area contributed by atoms with Crippen molar-refractivity contribution in [2.24, 2.45) is 5.73 Å². The number of rotatable bonds is 6. The number of pyridine rings is 1. The number of amides is 1. The van der Waals surface area contributed by atoms with Crippen LogP contribution in [0.2, 0.25) is 0 Å². The van der Waals surface area contributed by atoms with Crippen LogP contribution >= 0.6 is 0 Å². The molecule has 1 aromatic heterocycles. The molecule has 0 fully saturated rings. The first-order chi connectivity index (χ1) is 8.45. The summed E-state index contributed by atoms with van der Waals surface area (Å²) in [5.74, 6) is -1.00. The third-order valence-electron chi connectivity index (χ3n) is 2.56. The van der Waals surface area contributed by atoms with Crippen LogP contribution in [0.5, 0.6) is 0 Å². The minimum absolute atomic E-state index is 0.0122. The van der Waals surface area contributed by atoms with Gasteiger partial charge in [-0.25, -0.2) is 4.98 Å². The zero-order valence-corrected chi connectivity index (χ0v) is 10.5. The number of carboxylic acids is 1. The van der Waals surface area contributed by atoms with E-state index < -0.39 is 11.9 Å². The standard InChI is InChI=1S/C12H17N3O3/c1-3-15(7-6-10(16)17)12-9(11(13)18)5-4-8(2)14-12/h4-5H,3,6-7H2,1-2H3,(H2,13,18)(H,16,17). The zero-order valence-electron chi connectivity index (χ0n) is 10.5. The monoisotopic (exact) mass is 251 g/mol. The molecule has 1 aromatic rings. The fraction of sp³-hybridized carbons (Fsp3) is 0.417. The minimum atomic E-state index is -0.887. The number of primary amides is 1. The molecule has 1 amide bonds. The molecule has 0 saturated heterocycles. The van der Waals surface area contributed by atoms with Gasteiger partial charge in [0.15, 0.2) is 0 Å². The predicted octanol–water partition coefficient (Wildman–Crippen LogP) is 0.790. The molecule has 1 rings (SSSR count). The Kier molecular flexibility index (Phi) is 4.65. The first-order valence-electron chi connectivity index (χ1n) is 5.70. The number of carbonyl (C=O) groups is 2. The number of aromatic nitrogens is 1. The van der Waals surface area contributed by atoms with Gasteiger partial charge in [-0.3, -0.25) is 9.59 Å². The van der Waals surface area contributed by atoms with Gasteiger partial charge in [0, 0.05) is 18.8 Å². The van der Waals surface area contributed by atoms with Gasteiger partial charge in [-0.2, -0.15) is 0 Å². The maximum Gasteiger partial charge on any atom is 0.305 e. The maximum absolute atomic E-state index is 11.3. The van der Waals surface area contributed by atoms with Gasteiger partial charge in [0.25, 0.3) is 5.91 Å². The van der Waals surface area contributed by atoms with Crippen molar-refractivity contribution in [3.63, 3.8) is 0 Å². The van der Waals surface area contributed by atoms with Crippen LogP contribution in [0.1, 0.15) is 29.4 Å². The minimum Gasteiger partial charge on any atom is -0.481 e. The molecular formula is C12H17N3O3. The molecule has 0 aliphatic heterocycles. The van der Waals surface area contributed by atoms with E-state index in [1.807, 2.05) is 6.92 Å². The van der Waals surface area contributed by atoms with E-state index >= 15 is 0 Å². The fourth-order valence-corrected chi connectivity index (χ4v) is 1.62. The van der Waals surface area contributed by atoms with Crippen LogP contribution in [0.4, 0.5) is 5.82 Å². The molecular weight excluding hydrogens is 234 g/mol. The normalized spacial score (nSPS) is 10.1.